The van der Waals surface area contributed by atoms with Crippen LogP contribution in [0.2, 0.25) is 0 Å². The number of nitrogens with zero attached hydrogens (tertiary/aromatic N) is 4. The summed E-state index contributed by atoms with van der Waals surface area (Å²) >= 11 is 0. The molecule has 0 unspecified atom stereocenters. The van der Waals surface area contributed by atoms with Crippen LogP contribution in [0.15, 0.2) is 231 Å². The first-order valence-electron chi connectivity index (χ1n) is 22.4. The van der Waals surface area contributed by atoms with Crippen LogP contribution < -0.4 is 0 Å². The highest BCUT2D eigenvalue weighted by molar-refractivity contribution is 6.09. The van der Waals surface area contributed by atoms with E-state index in [1.54, 1.807) is 0 Å². The van der Waals surface area contributed by atoms with Crippen LogP contribution in [0.4, 0.5) is 0 Å². The second kappa shape index (κ2) is 15.4. The van der Waals surface area contributed by atoms with E-state index >= 15 is 0 Å². The van der Waals surface area contributed by atoms with Crippen molar-refractivity contribution < 1.29 is 0 Å². The Labute approximate surface area is 381 Å². The Bertz CT molecular complexity index is 3760. The minimum atomic E-state index is 0.691. The molecule has 0 radical (unpaired) electrons. The van der Waals surface area contributed by atoms with Gasteiger partial charge in [0, 0.05) is 33.0 Å². The molecule has 0 aliphatic carbocycles. The summed E-state index contributed by atoms with van der Waals surface area (Å²) in [6.07, 6.45) is 0. The standard InChI is InChI=1S/C62H38N4/c1-3-11-51-41(9-1)21-31-49-37-47(33-35-53(49)51)39-17-27-45(28-18-39)61-63-57-15-7-5-13-55(57)59(65-61)43-23-25-44(26-24-43)60-56-14-6-8-16-58(56)64-62(66-60)46-29-19-40(20-30-46)48-34-36-54-50(38-48)32-22-42-10-2-4-12-52(42)54/h1-38H. The third-order valence-corrected chi connectivity index (χ3v) is 13.1. The maximum Gasteiger partial charge on any atom is 0.160 e. The first-order valence-corrected chi connectivity index (χ1v) is 22.4. The number of para-hydroxylation sites is 2. The molecule has 0 amide bonds. The van der Waals surface area contributed by atoms with Crippen molar-refractivity contribution >= 4 is 64.9 Å². The summed E-state index contributed by atoms with van der Waals surface area (Å²) in [5.74, 6) is 1.38. The number of benzene rings is 11. The zero-order valence-corrected chi connectivity index (χ0v) is 35.7. The quantitative estimate of drug-likeness (QED) is 0.157. The number of rotatable bonds is 6. The van der Waals surface area contributed by atoms with E-state index < -0.39 is 0 Å². The lowest BCUT2D eigenvalue weighted by molar-refractivity contribution is 1.22. The van der Waals surface area contributed by atoms with Gasteiger partial charge in [-0.1, -0.05) is 206 Å². The summed E-state index contributed by atoms with van der Waals surface area (Å²) in [4.78, 5) is 20.6. The maximum atomic E-state index is 5.24. The van der Waals surface area contributed by atoms with Crippen LogP contribution in [0, 0.1) is 0 Å². The average Bonchev–Trinajstić information content (AvgIpc) is 3.40. The summed E-state index contributed by atoms with van der Waals surface area (Å²) in [7, 11) is 0. The molecule has 4 heteroatoms. The van der Waals surface area contributed by atoms with E-state index in [1.165, 1.54) is 54.2 Å². The lowest BCUT2D eigenvalue weighted by Gasteiger charge is -2.12. The molecule has 2 heterocycles. The summed E-state index contributed by atoms with van der Waals surface area (Å²) < 4.78 is 0. The molecule has 4 nitrogen and oxygen atoms in total. The van der Waals surface area contributed by atoms with E-state index in [0.717, 1.165) is 66.6 Å². The second-order valence-electron chi connectivity index (χ2n) is 17.0. The molecule has 13 rings (SSSR count). The maximum absolute atomic E-state index is 5.24. The van der Waals surface area contributed by atoms with Crippen molar-refractivity contribution in [2.75, 3.05) is 0 Å². The number of hydrogen-bond donors (Lipinski definition) is 0. The Morgan fingerprint density at radius 2 is 0.515 bits per heavy atom. The second-order valence-corrected chi connectivity index (χ2v) is 17.0. The highest BCUT2D eigenvalue weighted by atomic mass is 14.9. The van der Waals surface area contributed by atoms with Crippen LogP contribution in [0.5, 0.6) is 0 Å². The Morgan fingerprint density at radius 3 is 0.955 bits per heavy atom. The average molecular weight is 839 g/mol. The largest absolute Gasteiger partial charge is 0.228 e. The molecular formula is C62H38N4. The lowest BCUT2D eigenvalue weighted by Crippen LogP contribution is -1.96. The van der Waals surface area contributed by atoms with Gasteiger partial charge >= 0.3 is 0 Å². The van der Waals surface area contributed by atoms with E-state index in [1.807, 2.05) is 12.1 Å². The molecule has 0 N–H and O–H groups in total. The highest BCUT2D eigenvalue weighted by Crippen LogP contribution is 2.36. The fraction of sp³-hybridized carbons (Fsp3) is 0. The van der Waals surface area contributed by atoms with Gasteiger partial charge in [-0.2, -0.15) is 0 Å². The Kier molecular flexibility index (Phi) is 8.81. The predicted octanol–water partition coefficient (Wildman–Crippen LogP) is 16.2. The predicted molar refractivity (Wildman–Crippen MR) is 275 cm³/mol. The van der Waals surface area contributed by atoms with Gasteiger partial charge in [-0.05, 0) is 89.6 Å². The highest BCUT2D eigenvalue weighted by Gasteiger charge is 2.16. The minimum absolute atomic E-state index is 0.691. The van der Waals surface area contributed by atoms with Crippen molar-refractivity contribution in [1.29, 1.82) is 0 Å². The van der Waals surface area contributed by atoms with Crippen LogP contribution in [0.1, 0.15) is 0 Å². The smallest absolute Gasteiger partial charge is 0.160 e. The Hall–Kier alpha value is -8.86. The van der Waals surface area contributed by atoms with Crippen LogP contribution >= 0.6 is 0 Å². The Morgan fingerprint density at radius 1 is 0.197 bits per heavy atom. The van der Waals surface area contributed by atoms with Gasteiger partial charge in [0.15, 0.2) is 11.6 Å². The van der Waals surface area contributed by atoms with Crippen molar-refractivity contribution in [3.8, 4) is 67.5 Å². The fourth-order valence-electron chi connectivity index (χ4n) is 9.65. The topological polar surface area (TPSA) is 51.6 Å². The first kappa shape index (κ1) is 37.7. The van der Waals surface area contributed by atoms with Crippen LogP contribution in [0.3, 0.4) is 0 Å². The van der Waals surface area contributed by atoms with Gasteiger partial charge < -0.3 is 0 Å². The summed E-state index contributed by atoms with van der Waals surface area (Å²) in [6, 6.07) is 81.8. The SMILES string of the molecule is c1ccc2c(c1)ccc1cc(-c3ccc(-c4nc(-c5ccc(-c6nc(-c7ccc(-c8ccc9c(ccc%10ccccc%109)c8)cc7)nc7ccccc67)cc5)c5ccccc5n4)cc3)ccc12. The normalized spacial score (nSPS) is 11.6. The first-order chi connectivity index (χ1) is 32.7. The van der Waals surface area contributed by atoms with Crippen LogP contribution in [-0.2, 0) is 0 Å². The molecule has 0 fully saturated rings. The number of fused-ring (bicyclic) bond motifs is 8. The molecule has 11 aromatic carbocycles. The molecule has 0 saturated heterocycles. The molecule has 0 saturated carbocycles. The van der Waals surface area contributed by atoms with E-state index in [0.29, 0.717) is 11.6 Å². The van der Waals surface area contributed by atoms with Gasteiger partial charge in [-0.15, -0.1) is 0 Å². The van der Waals surface area contributed by atoms with Gasteiger partial charge in [0.2, 0.25) is 0 Å². The van der Waals surface area contributed by atoms with Crippen LogP contribution in [0.25, 0.3) is 132 Å². The third kappa shape index (κ3) is 6.55. The molecule has 0 atom stereocenters. The molecule has 306 valence electrons. The van der Waals surface area contributed by atoms with Gasteiger partial charge in [-0.25, -0.2) is 19.9 Å². The van der Waals surface area contributed by atoms with E-state index in [2.05, 4.69) is 218 Å². The molecular weight excluding hydrogens is 801 g/mol. The van der Waals surface area contributed by atoms with Gasteiger partial charge in [0.25, 0.3) is 0 Å². The van der Waals surface area contributed by atoms with Gasteiger partial charge in [0.1, 0.15) is 0 Å². The molecule has 0 bridgehead atoms. The summed E-state index contributed by atoms with van der Waals surface area (Å²) in [5, 5.41) is 12.1. The van der Waals surface area contributed by atoms with Crippen molar-refractivity contribution in [3.05, 3.63) is 231 Å². The summed E-state index contributed by atoms with van der Waals surface area (Å²) in [6.45, 7) is 0. The third-order valence-electron chi connectivity index (χ3n) is 13.1. The number of aromatic nitrogens is 4. The molecule has 0 spiro atoms. The fourth-order valence-corrected chi connectivity index (χ4v) is 9.65. The molecule has 66 heavy (non-hydrogen) atoms. The number of hydrogen-bond acceptors (Lipinski definition) is 4. The molecule has 0 aliphatic rings. The van der Waals surface area contributed by atoms with E-state index in [9.17, 15) is 0 Å². The van der Waals surface area contributed by atoms with Crippen LogP contribution in [-0.4, -0.2) is 19.9 Å². The monoisotopic (exact) mass is 838 g/mol. The minimum Gasteiger partial charge on any atom is -0.228 e. The van der Waals surface area contributed by atoms with E-state index in [4.69, 9.17) is 19.9 Å². The summed E-state index contributed by atoms with van der Waals surface area (Å²) in [5.41, 5.74) is 12.2. The molecule has 2 aromatic heterocycles. The zero-order chi connectivity index (χ0) is 43.6. The van der Waals surface area contributed by atoms with Gasteiger partial charge in [0.05, 0.1) is 22.4 Å². The lowest BCUT2D eigenvalue weighted by atomic mass is 9.97. The van der Waals surface area contributed by atoms with Crippen molar-refractivity contribution in [2.24, 2.45) is 0 Å². The van der Waals surface area contributed by atoms with Crippen molar-refractivity contribution in [3.63, 3.8) is 0 Å². The Balaban J connectivity index is 0.815. The van der Waals surface area contributed by atoms with E-state index in [-0.39, 0.29) is 0 Å². The molecule has 13 aromatic rings. The molecule has 0 aliphatic heterocycles. The zero-order valence-electron chi connectivity index (χ0n) is 35.7. The van der Waals surface area contributed by atoms with Crippen molar-refractivity contribution in [2.45, 2.75) is 0 Å². The van der Waals surface area contributed by atoms with Gasteiger partial charge in [-0.3, -0.25) is 0 Å². The van der Waals surface area contributed by atoms with Crippen molar-refractivity contribution in [1.82, 2.24) is 19.9 Å².